The quantitative estimate of drug-likeness (QED) is 0.0471. The van der Waals surface area contributed by atoms with Crippen LogP contribution >= 0.6 is 7.82 Å². The van der Waals surface area contributed by atoms with Gasteiger partial charge in [-0.1, -0.05) is 70.9 Å². The third kappa shape index (κ3) is 23.8. The fourth-order valence-corrected chi connectivity index (χ4v) is 4.25. The molecule has 228 valence electrons. The molecule has 1 amide bonds. The van der Waals surface area contributed by atoms with Gasteiger partial charge in [-0.05, 0) is 38.5 Å². The van der Waals surface area contributed by atoms with Gasteiger partial charge in [0.05, 0.1) is 13.2 Å². The molecule has 4 N–H and O–H groups in total. The number of carbonyl (C=O) groups is 3. The third-order valence-electron chi connectivity index (χ3n) is 5.80. The number of hydrogen-bond donors (Lipinski definition) is 4. The van der Waals surface area contributed by atoms with Gasteiger partial charge in [-0.2, -0.15) is 0 Å². The zero-order valence-corrected chi connectivity index (χ0v) is 24.6. The van der Waals surface area contributed by atoms with E-state index in [2.05, 4.69) is 33.4 Å². The van der Waals surface area contributed by atoms with Crippen LogP contribution in [0.5, 0.6) is 0 Å². The number of nitrogens with one attached hydrogen (secondary N) is 1. The molecule has 0 aliphatic heterocycles. The molecule has 3 unspecified atom stereocenters. The molecular formula is C27H50NO10P. The van der Waals surface area contributed by atoms with Crippen LogP contribution in [0.4, 0.5) is 0 Å². The monoisotopic (exact) mass is 579 g/mol. The number of esters is 1. The zero-order chi connectivity index (χ0) is 29.4. The van der Waals surface area contributed by atoms with Crippen LogP contribution in [0.3, 0.4) is 0 Å². The van der Waals surface area contributed by atoms with Crippen molar-refractivity contribution < 1.29 is 47.8 Å². The first-order chi connectivity index (χ1) is 18.6. The van der Waals surface area contributed by atoms with Crippen LogP contribution in [0.25, 0.3) is 0 Å². The van der Waals surface area contributed by atoms with Crippen LogP contribution < -0.4 is 5.32 Å². The van der Waals surface area contributed by atoms with E-state index in [9.17, 15) is 34.1 Å². The summed E-state index contributed by atoms with van der Waals surface area (Å²) >= 11 is 0. The van der Waals surface area contributed by atoms with Crippen molar-refractivity contribution in [2.75, 3.05) is 19.8 Å². The zero-order valence-electron chi connectivity index (χ0n) is 23.7. The van der Waals surface area contributed by atoms with Gasteiger partial charge in [0.2, 0.25) is 5.91 Å². The Morgan fingerprint density at radius 3 is 1.97 bits per heavy atom. The summed E-state index contributed by atoms with van der Waals surface area (Å²) in [5.74, 6) is -2.42. The van der Waals surface area contributed by atoms with E-state index in [4.69, 9.17) is 4.74 Å². The van der Waals surface area contributed by atoms with E-state index < -0.39 is 57.6 Å². The molecule has 0 aromatic carbocycles. The minimum Gasteiger partial charge on any atom is -0.480 e. The average molecular weight is 580 g/mol. The number of aliphatic carboxylic acids is 1. The van der Waals surface area contributed by atoms with Gasteiger partial charge in [0.15, 0.2) is 6.04 Å². The molecule has 0 aliphatic carbocycles. The van der Waals surface area contributed by atoms with E-state index in [1.165, 1.54) is 19.3 Å². The molecule has 12 heteroatoms. The van der Waals surface area contributed by atoms with Crippen molar-refractivity contribution in [3.63, 3.8) is 0 Å². The lowest BCUT2D eigenvalue weighted by molar-refractivity contribution is -0.147. The van der Waals surface area contributed by atoms with E-state index >= 15 is 0 Å². The Labute approximate surface area is 233 Å². The second kappa shape index (κ2) is 24.1. The molecule has 0 saturated carbocycles. The van der Waals surface area contributed by atoms with Crippen molar-refractivity contribution in [3.8, 4) is 0 Å². The van der Waals surface area contributed by atoms with Crippen LogP contribution in [0.2, 0.25) is 0 Å². The molecule has 0 aliphatic rings. The van der Waals surface area contributed by atoms with Gasteiger partial charge >= 0.3 is 19.8 Å². The molecule has 0 aromatic rings. The molecule has 0 saturated heterocycles. The Hall–Kier alpha value is -1.78. The molecule has 0 radical (unpaired) electrons. The summed E-state index contributed by atoms with van der Waals surface area (Å²) < 4.78 is 26.3. The normalized spacial score (nSPS) is 14.6. The number of phosphoric ester groups is 1. The second-order valence-electron chi connectivity index (χ2n) is 9.59. The molecule has 0 rings (SSSR count). The number of carbonyl (C=O) groups excluding carboxylic acids is 2. The summed E-state index contributed by atoms with van der Waals surface area (Å²) in [5.41, 5.74) is 0. The number of carboxylic acids is 1. The molecule has 3 atom stereocenters. The van der Waals surface area contributed by atoms with Crippen molar-refractivity contribution in [1.29, 1.82) is 0 Å². The van der Waals surface area contributed by atoms with Gasteiger partial charge in [-0.3, -0.25) is 18.6 Å². The highest BCUT2D eigenvalue weighted by Gasteiger charge is 2.28. The van der Waals surface area contributed by atoms with Gasteiger partial charge in [-0.25, -0.2) is 9.36 Å². The number of ether oxygens (including phenoxy) is 1. The summed E-state index contributed by atoms with van der Waals surface area (Å²) in [6.07, 6.45) is 16.6. The highest BCUT2D eigenvalue weighted by Crippen LogP contribution is 2.43. The lowest BCUT2D eigenvalue weighted by atomic mass is 10.1. The SMILES string of the molecule is CCCCC/C=C\CCCCCCCC(=O)OCC(O)COP(=O)(O)OCC(NC(=O)CCCCC)C(=O)O. The molecular weight excluding hydrogens is 529 g/mol. The van der Waals surface area contributed by atoms with Gasteiger partial charge in [0, 0.05) is 12.8 Å². The molecule has 0 spiro atoms. The van der Waals surface area contributed by atoms with Gasteiger partial charge < -0.3 is 25.2 Å². The minimum absolute atomic E-state index is 0.132. The van der Waals surface area contributed by atoms with Crippen molar-refractivity contribution >= 4 is 25.7 Å². The van der Waals surface area contributed by atoms with Crippen molar-refractivity contribution in [2.24, 2.45) is 0 Å². The number of unbranched alkanes of at least 4 members (excludes halogenated alkanes) is 10. The largest absolute Gasteiger partial charge is 0.480 e. The predicted octanol–water partition coefficient (Wildman–Crippen LogP) is 5.04. The van der Waals surface area contributed by atoms with Gasteiger partial charge in [0.25, 0.3) is 0 Å². The standard InChI is InChI=1S/C27H50NO10P/c1-3-5-7-8-9-10-11-12-13-14-15-17-19-26(31)36-20-23(29)21-37-39(34,35)38-22-24(27(32)33)28-25(30)18-16-6-4-2/h9-10,23-24,29H,3-8,11-22H2,1-2H3,(H,28,30)(H,32,33)(H,34,35)/b10-9-. The van der Waals surface area contributed by atoms with Crippen LogP contribution in [-0.2, 0) is 32.7 Å². The first kappa shape index (κ1) is 37.2. The Balaban J connectivity index is 3.99. The maximum absolute atomic E-state index is 12.0. The molecule has 0 bridgehead atoms. The van der Waals surface area contributed by atoms with E-state index in [1.807, 2.05) is 6.92 Å². The second-order valence-corrected chi connectivity index (χ2v) is 11.0. The van der Waals surface area contributed by atoms with Crippen molar-refractivity contribution in [2.45, 2.75) is 122 Å². The van der Waals surface area contributed by atoms with Crippen molar-refractivity contribution in [1.82, 2.24) is 5.32 Å². The first-order valence-corrected chi connectivity index (χ1v) is 15.7. The average Bonchev–Trinajstić information content (AvgIpc) is 2.89. The number of hydrogen-bond acceptors (Lipinski definition) is 8. The minimum atomic E-state index is -4.72. The van der Waals surface area contributed by atoms with Crippen LogP contribution in [-0.4, -0.2) is 64.9 Å². The number of amides is 1. The highest BCUT2D eigenvalue weighted by atomic mass is 31.2. The maximum atomic E-state index is 12.0. The summed E-state index contributed by atoms with van der Waals surface area (Å²) in [6, 6.07) is -1.54. The predicted molar refractivity (Wildman–Crippen MR) is 148 cm³/mol. The van der Waals surface area contributed by atoms with Crippen molar-refractivity contribution in [3.05, 3.63) is 12.2 Å². The maximum Gasteiger partial charge on any atom is 0.472 e. The summed E-state index contributed by atoms with van der Waals surface area (Å²) in [7, 11) is -4.72. The molecule has 0 heterocycles. The Bertz CT molecular complexity index is 746. The Morgan fingerprint density at radius 1 is 0.795 bits per heavy atom. The lowest BCUT2D eigenvalue weighted by Gasteiger charge is -2.18. The Kier molecular flexibility index (Phi) is 23.0. The number of phosphoric acid groups is 1. The van der Waals surface area contributed by atoms with Crippen LogP contribution in [0.1, 0.15) is 110 Å². The molecule has 39 heavy (non-hydrogen) atoms. The summed E-state index contributed by atoms with van der Waals surface area (Å²) in [5, 5.41) is 21.3. The summed E-state index contributed by atoms with van der Waals surface area (Å²) in [4.78, 5) is 44.7. The van der Waals surface area contributed by atoms with E-state index in [-0.39, 0.29) is 12.8 Å². The highest BCUT2D eigenvalue weighted by molar-refractivity contribution is 7.47. The topological polar surface area (TPSA) is 169 Å². The van der Waals surface area contributed by atoms with E-state index in [0.29, 0.717) is 12.8 Å². The van der Waals surface area contributed by atoms with E-state index in [1.54, 1.807) is 0 Å². The van der Waals surface area contributed by atoms with Crippen LogP contribution in [0, 0.1) is 0 Å². The number of allylic oxidation sites excluding steroid dienone is 2. The van der Waals surface area contributed by atoms with Gasteiger partial charge in [-0.15, -0.1) is 0 Å². The fraction of sp³-hybridized carbons (Fsp3) is 0.815. The number of aliphatic hydroxyl groups excluding tert-OH is 1. The van der Waals surface area contributed by atoms with Crippen LogP contribution in [0.15, 0.2) is 12.2 Å². The molecule has 0 fully saturated rings. The van der Waals surface area contributed by atoms with Gasteiger partial charge in [0.1, 0.15) is 12.7 Å². The van der Waals surface area contributed by atoms with E-state index in [0.717, 1.165) is 51.4 Å². The third-order valence-corrected chi connectivity index (χ3v) is 6.76. The lowest BCUT2D eigenvalue weighted by Crippen LogP contribution is -2.43. The smallest absolute Gasteiger partial charge is 0.472 e. The Morgan fingerprint density at radius 2 is 1.33 bits per heavy atom. The fourth-order valence-electron chi connectivity index (χ4n) is 3.48. The number of aliphatic hydroxyl groups is 1. The number of carboxylic acid groups (broad SMARTS) is 1. The number of rotatable bonds is 26. The first-order valence-electron chi connectivity index (χ1n) is 14.2. The molecule has 11 nitrogen and oxygen atoms in total. The summed E-state index contributed by atoms with van der Waals surface area (Å²) in [6.45, 7) is 2.26. The molecule has 0 aromatic heterocycles.